The predicted molar refractivity (Wildman–Crippen MR) is 76.6 cm³/mol. The fourth-order valence-electron chi connectivity index (χ4n) is 2.12. The summed E-state index contributed by atoms with van der Waals surface area (Å²) in [5, 5.41) is 3.27. The van der Waals surface area contributed by atoms with E-state index in [1.807, 2.05) is 7.05 Å². The van der Waals surface area contributed by atoms with Crippen molar-refractivity contribution in [3.05, 3.63) is 35.4 Å². The maximum atomic E-state index is 3.27. The summed E-state index contributed by atoms with van der Waals surface area (Å²) in [7, 11) is 2.03. The van der Waals surface area contributed by atoms with Crippen molar-refractivity contribution in [2.75, 3.05) is 13.6 Å². The first-order valence-corrected chi connectivity index (χ1v) is 6.68. The van der Waals surface area contributed by atoms with Crippen molar-refractivity contribution in [1.29, 1.82) is 0 Å². The fourth-order valence-corrected chi connectivity index (χ4v) is 2.12. The van der Waals surface area contributed by atoms with Gasteiger partial charge >= 0.3 is 0 Å². The van der Waals surface area contributed by atoms with Crippen LogP contribution in [0.15, 0.2) is 24.3 Å². The molecule has 1 aromatic carbocycles. The first kappa shape index (κ1) is 14.2. The summed E-state index contributed by atoms with van der Waals surface area (Å²) in [6, 6.07) is 9.10. The van der Waals surface area contributed by atoms with Gasteiger partial charge in [0.25, 0.3) is 0 Å². The van der Waals surface area contributed by atoms with Crippen molar-refractivity contribution in [2.24, 2.45) is 5.41 Å². The van der Waals surface area contributed by atoms with Crippen molar-refractivity contribution in [3.63, 3.8) is 0 Å². The van der Waals surface area contributed by atoms with Crippen LogP contribution in [0.5, 0.6) is 0 Å². The van der Waals surface area contributed by atoms with Crippen LogP contribution in [0.1, 0.15) is 51.2 Å². The highest BCUT2D eigenvalue weighted by Crippen LogP contribution is 2.22. The topological polar surface area (TPSA) is 12.0 Å². The third-order valence-corrected chi connectivity index (χ3v) is 3.39. The van der Waals surface area contributed by atoms with Gasteiger partial charge in [0.05, 0.1) is 0 Å². The molecule has 0 radical (unpaired) electrons. The van der Waals surface area contributed by atoms with Gasteiger partial charge in [-0.25, -0.2) is 0 Å². The van der Waals surface area contributed by atoms with E-state index in [9.17, 15) is 0 Å². The molecule has 1 nitrogen and oxygen atoms in total. The second-order valence-corrected chi connectivity index (χ2v) is 6.09. The van der Waals surface area contributed by atoms with E-state index in [2.05, 4.69) is 57.3 Å². The summed E-state index contributed by atoms with van der Waals surface area (Å²) in [6.45, 7) is 10.2. The van der Waals surface area contributed by atoms with Gasteiger partial charge in [0.1, 0.15) is 0 Å². The van der Waals surface area contributed by atoms with Crippen LogP contribution in [0, 0.1) is 5.41 Å². The molecule has 96 valence electrons. The van der Waals surface area contributed by atoms with Gasteiger partial charge in [0.2, 0.25) is 0 Å². The summed E-state index contributed by atoms with van der Waals surface area (Å²) >= 11 is 0. The van der Waals surface area contributed by atoms with Crippen molar-refractivity contribution < 1.29 is 0 Å². The van der Waals surface area contributed by atoms with Gasteiger partial charge in [-0.05, 0) is 48.9 Å². The monoisotopic (exact) mass is 233 g/mol. The summed E-state index contributed by atoms with van der Waals surface area (Å²) in [5.41, 5.74) is 3.27. The smallest absolute Gasteiger partial charge is 0.0000373 e. The normalized spacial score (nSPS) is 12.1. The molecule has 0 aliphatic rings. The Hall–Kier alpha value is -0.820. The van der Waals surface area contributed by atoms with Crippen LogP contribution in [0.3, 0.4) is 0 Å². The van der Waals surface area contributed by atoms with Crippen molar-refractivity contribution in [3.8, 4) is 0 Å². The Morgan fingerprint density at radius 3 is 2.18 bits per heavy atom. The minimum atomic E-state index is 0.380. The Morgan fingerprint density at radius 1 is 1.12 bits per heavy atom. The quantitative estimate of drug-likeness (QED) is 0.783. The Balaban J connectivity index is 2.52. The maximum Gasteiger partial charge on any atom is -0.0000373 e. The first-order chi connectivity index (χ1) is 7.94. The first-order valence-electron chi connectivity index (χ1n) is 6.68. The molecule has 0 saturated carbocycles. The van der Waals surface area contributed by atoms with Crippen LogP contribution < -0.4 is 5.32 Å². The third kappa shape index (κ3) is 4.91. The molecule has 0 fully saturated rings. The lowest BCUT2D eigenvalue weighted by atomic mass is 9.86. The van der Waals surface area contributed by atoms with E-state index in [-0.39, 0.29) is 0 Å². The number of rotatable bonds is 6. The average molecular weight is 233 g/mol. The highest BCUT2D eigenvalue weighted by atomic mass is 14.8. The summed E-state index contributed by atoms with van der Waals surface area (Å²) in [4.78, 5) is 0. The molecule has 0 amide bonds. The molecular formula is C16H27N. The number of hydrogen-bond donors (Lipinski definition) is 1. The summed E-state index contributed by atoms with van der Waals surface area (Å²) < 4.78 is 0. The number of hydrogen-bond acceptors (Lipinski definition) is 1. The van der Waals surface area contributed by atoms with Gasteiger partial charge in [-0.1, -0.05) is 52.0 Å². The Morgan fingerprint density at radius 2 is 1.71 bits per heavy atom. The highest BCUT2D eigenvalue weighted by Gasteiger charge is 2.16. The predicted octanol–water partition coefficient (Wildman–Crippen LogP) is 3.99. The van der Waals surface area contributed by atoms with Gasteiger partial charge in [0.15, 0.2) is 0 Å². The Kier molecular flexibility index (Phi) is 5.20. The lowest BCUT2D eigenvalue weighted by molar-refractivity contribution is 0.324. The van der Waals surface area contributed by atoms with E-state index in [0.717, 1.165) is 6.54 Å². The molecule has 0 unspecified atom stereocenters. The molecule has 1 N–H and O–H groups in total. The second kappa shape index (κ2) is 6.20. The average Bonchev–Trinajstić information content (AvgIpc) is 2.27. The standard InChI is InChI=1S/C16H27N/c1-13(2)15-8-6-14(7-9-15)10-11-16(3,4)12-17-5/h6-9,13,17H,10-12H2,1-5H3. The molecule has 0 aliphatic carbocycles. The molecule has 1 rings (SSSR count). The van der Waals surface area contributed by atoms with Gasteiger partial charge in [-0.3, -0.25) is 0 Å². The number of benzene rings is 1. The molecule has 0 atom stereocenters. The van der Waals surface area contributed by atoms with E-state index in [1.165, 1.54) is 24.0 Å². The number of nitrogens with one attached hydrogen (secondary N) is 1. The van der Waals surface area contributed by atoms with Gasteiger partial charge in [-0.15, -0.1) is 0 Å². The van der Waals surface area contributed by atoms with Crippen LogP contribution in [0.2, 0.25) is 0 Å². The van der Waals surface area contributed by atoms with E-state index in [4.69, 9.17) is 0 Å². The van der Waals surface area contributed by atoms with Crippen LogP contribution in [-0.4, -0.2) is 13.6 Å². The fraction of sp³-hybridized carbons (Fsp3) is 0.625. The van der Waals surface area contributed by atoms with E-state index in [0.29, 0.717) is 11.3 Å². The van der Waals surface area contributed by atoms with Crippen LogP contribution in [-0.2, 0) is 6.42 Å². The van der Waals surface area contributed by atoms with Crippen LogP contribution in [0.4, 0.5) is 0 Å². The van der Waals surface area contributed by atoms with Gasteiger partial charge in [0, 0.05) is 0 Å². The molecule has 0 saturated heterocycles. The summed E-state index contributed by atoms with van der Waals surface area (Å²) in [6.07, 6.45) is 2.40. The summed E-state index contributed by atoms with van der Waals surface area (Å²) in [5.74, 6) is 0.629. The van der Waals surface area contributed by atoms with Crippen LogP contribution in [0.25, 0.3) is 0 Å². The van der Waals surface area contributed by atoms with Gasteiger partial charge in [-0.2, -0.15) is 0 Å². The number of aryl methyl sites for hydroxylation is 1. The molecule has 1 aromatic rings. The zero-order valence-corrected chi connectivity index (χ0v) is 12.0. The zero-order chi connectivity index (χ0) is 12.9. The lowest BCUT2D eigenvalue weighted by Gasteiger charge is -2.24. The Bertz CT molecular complexity index is 322. The SMILES string of the molecule is CNCC(C)(C)CCc1ccc(C(C)C)cc1. The molecule has 1 heteroatoms. The maximum absolute atomic E-state index is 3.27. The molecule has 0 spiro atoms. The minimum absolute atomic E-state index is 0.380. The van der Waals surface area contributed by atoms with Crippen molar-refractivity contribution in [1.82, 2.24) is 5.32 Å². The highest BCUT2D eigenvalue weighted by molar-refractivity contribution is 5.24. The molecule has 0 bridgehead atoms. The molecule has 0 aliphatic heterocycles. The molecule has 0 aromatic heterocycles. The van der Waals surface area contributed by atoms with E-state index >= 15 is 0 Å². The van der Waals surface area contributed by atoms with Crippen LogP contribution >= 0.6 is 0 Å². The van der Waals surface area contributed by atoms with Crippen molar-refractivity contribution in [2.45, 2.75) is 46.5 Å². The van der Waals surface area contributed by atoms with E-state index < -0.39 is 0 Å². The molecular weight excluding hydrogens is 206 g/mol. The largest absolute Gasteiger partial charge is 0.319 e. The van der Waals surface area contributed by atoms with Crippen molar-refractivity contribution >= 4 is 0 Å². The van der Waals surface area contributed by atoms with E-state index in [1.54, 1.807) is 0 Å². The minimum Gasteiger partial charge on any atom is -0.319 e. The Labute approximate surface area is 107 Å². The second-order valence-electron chi connectivity index (χ2n) is 6.09. The molecule has 17 heavy (non-hydrogen) atoms. The third-order valence-electron chi connectivity index (χ3n) is 3.39. The lowest BCUT2D eigenvalue weighted by Crippen LogP contribution is -2.27. The van der Waals surface area contributed by atoms with Gasteiger partial charge < -0.3 is 5.32 Å². The molecule has 0 heterocycles. The zero-order valence-electron chi connectivity index (χ0n) is 12.0.